The van der Waals surface area contributed by atoms with Crippen molar-refractivity contribution >= 4 is 5.57 Å². The highest BCUT2D eigenvalue weighted by atomic mass is 14.2. The van der Waals surface area contributed by atoms with E-state index in [2.05, 4.69) is 45.0 Å². The number of rotatable bonds is 1. The smallest absolute Gasteiger partial charge is 0.0198 e. The van der Waals surface area contributed by atoms with Crippen molar-refractivity contribution in [2.75, 3.05) is 0 Å². The number of allylic oxidation sites excluding steroid dienone is 2. The highest BCUT2D eigenvalue weighted by Gasteiger charge is 2.10. The van der Waals surface area contributed by atoms with E-state index in [1.54, 1.807) is 0 Å². The molecular weight excluding hydrogens is 168 g/mol. The van der Waals surface area contributed by atoms with Gasteiger partial charge in [0.1, 0.15) is 0 Å². The lowest BCUT2D eigenvalue weighted by atomic mass is 9.88. The molecule has 1 aliphatic rings. The summed E-state index contributed by atoms with van der Waals surface area (Å²) in [4.78, 5) is 0. The van der Waals surface area contributed by atoms with E-state index in [4.69, 9.17) is 0 Å². The van der Waals surface area contributed by atoms with Gasteiger partial charge in [-0.1, -0.05) is 38.1 Å². The molecule has 0 heteroatoms. The third-order valence-corrected chi connectivity index (χ3v) is 3.09. The summed E-state index contributed by atoms with van der Waals surface area (Å²) in [5.74, 6) is 0.645. The molecule has 0 bridgehead atoms. The molecule has 0 saturated carbocycles. The molecule has 0 aromatic heterocycles. The zero-order valence-electron chi connectivity index (χ0n) is 9.30. The largest absolute Gasteiger partial charge is 0.0807 e. The molecule has 0 radical (unpaired) electrons. The van der Waals surface area contributed by atoms with Crippen LogP contribution in [0.5, 0.6) is 0 Å². The SMILES string of the molecule is CC1=CCCc2cc(C(C)C)ccc21. The Balaban J connectivity index is 2.46. The maximum Gasteiger partial charge on any atom is -0.0198 e. The summed E-state index contributed by atoms with van der Waals surface area (Å²) in [6.07, 6.45) is 4.77. The minimum atomic E-state index is 0.645. The van der Waals surface area contributed by atoms with Crippen molar-refractivity contribution in [1.29, 1.82) is 0 Å². The van der Waals surface area contributed by atoms with Crippen molar-refractivity contribution in [1.82, 2.24) is 0 Å². The predicted octanol–water partition coefficient (Wildman–Crippen LogP) is 4.16. The third-order valence-electron chi connectivity index (χ3n) is 3.09. The van der Waals surface area contributed by atoms with Gasteiger partial charge in [0.2, 0.25) is 0 Å². The Hall–Kier alpha value is -1.04. The van der Waals surface area contributed by atoms with Crippen LogP contribution in [0.1, 0.15) is 49.8 Å². The molecule has 0 atom stereocenters. The molecule has 0 N–H and O–H groups in total. The van der Waals surface area contributed by atoms with E-state index < -0.39 is 0 Å². The fraction of sp³-hybridized carbons (Fsp3) is 0.429. The lowest BCUT2D eigenvalue weighted by Crippen LogP contribution is -2.00. The second-order valence-electron chi connectivity index (χ2n) is 4.50. The molecule has 2 rings (SSSR count). The first-order valence-electron chi connectivity index (χ1n) is 5.48. The quantitative estimate of drug-likeness (QED) is 0.617. The van der Waals surface area contributed by atoms with E-state index in [1.807, 2.05) is 0 Å². The minimum Gasteiger partial charge on any atom is -0.0807 e. The van der Waals surface area contributed by atoms with Gasteiger partial charge < -0.3 is 0 Å². The van der Waals surface area contributed by atoms with Crippen LogP contribution in [-0.4, -0.2) is 0 Å². The van der Waals surface area contributed by atoms with Gasteiger partial charge in [-0.3, -0.25) is 0 Å². The fourth-order valence-electron chi connectivity index (χ4n) is 2.12. The van der Waals surface area contributed by atoms with Crippen LogP contribution in [0.25, 0.3) is 5.57 Å². The van der Waals surface area contributed by atoms with E-state index in [0.29, 0.717) is 5.92 Å². The molecule has 1 aromatic carbocycles. The number of fused-ring (bicyclic) bond motifs is 1. The van der Waals surface area contributed by atoms with Gasteiger partial charge in [0.05, 0.1) is 0 Å². The maximum absolute atomic E-state index is 2.39. The molecule has 0 unspecified atom stereocenters. The van der Waals surface area contributed by atoms with Crippen molar-refractivity contribution in [3.63, 3.8) is 0 Å². The zero-order valence-corrected chi connectivity index (χ0v) is 9.30. The summed E-state index contributed by atoms with van der Waals surface area (Å²) in [6, 6.07) is 6.94. The van der Waals surface area contributed by atoms with Gasteiger partial charge in [0.25, 0.3) is 0 Å². The van der Waals surface area contributed by atoms with Crippen molar-refractivity contribution < 1.29 is 0 Å². The molecule has 0 aliphatic heterocycles. The summed E-state index contributed by atoms with van der Waals surface area (Å²) < 4.78 is 0. The van der Waals surface area contributed by atoms with Gasteiger partial charge in [-0.15, -0.1) is 0 Å². The van der Waals surface area contributed by atoms with Gasteiger partial charge in [0, 0.05) is 0 Å². The maximum atomic E-state index is 2.39. The van der Waals surface area contributed by atoms with Crippen LogP contribution in [0.2, 0.25) is 0 Å². The second-order valence-corrected chi connectivity index (χ2v) is 4.50. The van der Waals surface area contributed by atoms with Crippen molar-refractivity contribution in [3.8, 4) is 0 Å². The molecule has 0 nitrogen and oxygen atoms in total. The normalized spacial score (nSPS) is 15.3. The molecule has 74 valence electrons. The lowest BCUT2D eigenvalue weighted by molar-refractivity contribution is 0.857. The number of hydrogen-bond donors (Lipinski definition) is 0. The Morgan fingerprint density at radius 1 is 1.21 bits per heavy atom. The van der Waals surface area contributed by atoms with Crippen LogP contribution in [0, 0.1) is 0 Å². The van der Waals surface area contributed by atoms with E-state index in [0.717, 1.165) is 0 Å². The molecule has 0 saturated heterocycles. The molecule has 1 aliphatic carbocycles. The lowest BCUT2D eigenvalue weighted by Gasteiger charge is -2.17. The molecule has 0 fully saturated rings. The Kier molecular flexibility index (Phi) is 2.45. The van der Waals surface area contributed by atoms with Crippen molar-refractivity contribution in [2.24, 2.45) is 0 Å². The van der Waals surface area contributed by atoms with E-state index in [9.17, 15) is 0 Å². The summed E-state index contributed by atoms with van der Waals surface area (Å²) in [6.45, 7) is 6.73. The first kappa shape index (κ1) is 9.51. The average molecular weight is 186 g/mol. The average Bonchev–Trinajstić information content (AvgIpc) is 2.17. The minimum absolute atomic E-state index is 0.645. The predicted molar refractivity (Wildman–Crippen MR) is 62.5 cm³/mol. The number of benzene rings is 1. The van der Waals surface area contributed by atoms with E-state index in [1.165, 1.54) is 35.1 Å². The Bertz CT molecular complexity index is 370. The Labute approximate surface area is 86.7 Å². The van der Waals surface area contributed by atoms with Gasteiger partial charge in [-0.2, -0.15) is 0 Å². The summed E-state index contributed by atoms with van der Waals surface area (Å²) in [5, 5.41) is 0. The Morgan fingerprint density at radius 2 is 2.00 bits per heavy atom. The van der Waals surface area contributed by atoms with Crippen LogP contribution < -0.4 is 0 Å². The van der Waals surface area contributed by atoms with Crippen LogP contribution in [0.15, 0.2) is 24.3 Å². The summed E-state index contributed by atoms with van der Waals surface area (Å²) >= 11 is 0. The number of aryl methyl sites for hydroxylation is 1. The molecule has 0 amide bonds. The van der Waals surface area contributed by atoms with Crippen molar-refractivity contribution in [2.45, 2.75) is 39.5 Å². The monoisotopic (exact) mass is 186 g/mol. The van der Waals surface area contributed by atoms with Gasteiger partial charge >= 0.3 is 0 Å². The first-order valence-corrected chi connectivity index (χ1v) is 5.48. The van der Waals surface area contributed by atoms with Gasteiger partial charge in [-0.25, -0.2) is 0 Å². The van der Waals surface area contributed by atoms with E-state index >= 15 is 0 Å². The molecule has 0 spiro atoms. The third kappa shape index (κ3) is 1.61. The highest BCUT2D eigenvalue weighted by molar-refractivity contribution is 5.68. The van der Waals surface area contributed by atoms with Gasteiger partial charge in [0.15, 0.2) is 0 Å². The van der Waals surface area contributed by atoms with Crippen molar-refractivity contribution in [3.05, 3.63) is 41.0 Å². The molecule has 1 aromatic rings. The van der Waals surface area contributed by atoms with E-state index in [-0.39, 0.29) is 0 Å². The first-order chi connectivity index (χ1) is 6.68. The van der Waals surface area contributed by atoms with Crippen LogP contribution in [0.4, 0.5) is 0 Å². The van der Waals surface area contributed by atoms with Crippen LogP contribution >= 0.6 is 0 Å². The fourth-order valence-corrected chi connectivity index (χ4v) is 2.12. The Morgan fingerprint density at radius 3 is 2.71 bits per heavy atom. The highest BCUT2D eigenvalue weighted by Crippen LogP contribution is 2.28. The number of hydrogen-bond acceptors (Lipinski definition) is 0. The molecule has 14 heavy (non-hydrogen) atoms. The zero-order chi connectivity index (χ0) is 10.1. The standard InChI is InChI=1S/C14H18/c1-10(2)12-7-8-14-11(3)5-4-6-13(14)9-12/h5,7-10H,4,6H2,1-3H3. The molecule has 0 heterocycles. The summed E-state index contributed by atoms with van der Waals surface area (Å²) in [5.41, 5.74) is 5.91. The second kappa shape index (κ2) is 3.61. The van der Waals surface area contributed by atoms with Crippen LogP contribution in [0.3, 0.4) is 0 Å². The topological polar surface area (TPSA) is 0 Å². The summed E-state index contributed by atoms with van der Waals surface area (Å²) in [7, 11) is 0. The van der Waals surface area contributed by atoms with Gasteiger partial charge in [-0.05, 0) is 47.9 Å². The molecular formula is C14H18. The van der Waals surface area contributed by atoms with Crippen LogP contribution in [-0.2, 0) is 6.42 Å².